The molecule has 0 N–H and O–H groups in total. The first-order valence-electron chi connectivity index (χ1n) is 13.0. The highest BCUT2D eigenvalue weighted by Crippen LogP contribution is 2.69. The van der Waals surface area contributed by atoms with Crippen LogP contribution in [0.5, 0.6) is 0 Å². The van der Waals surface area contributed by atoms with Gasteiger partial charge < -0.3 is 4.74 Å². The summed E-state index contributed by atoms with van der Waals surface area (Å²) in [5.41, 5.74) is 1.42. The van der Waals surface area contributed by atoms with Crippen molar-refractivity contribution in [3.63, 3.8) is 0 Å². The summed E-state index contributed by atoms with van der Waals surface area (Å²) in [6, 6.07) is 7.34. The molecule has 206 valence electrons. The Balaban J connectivity index is 1.27. The van der Waals surface area contributed by atoms with E-state index in [-0.39, 0.29) is 53.3 Å². The van der Waals surface area contributed by atoms with E-state index in [4.69, 9.17) is 9.72 Å². The van der Waals surface area contributed by atoms with Crippen LogP contribution in [0.4, 0.5) is 8.78 Å². The van der Waals surface area contributed by atoms with Gasteiger partial charge in [-0.15, -0.1) is 10.2 Å². The molecule has 7 rings (SSSR count). The van der Waals surface area contributed by atoms with Gasteiger partial charge in [0.05, 0.1) is 41.3 Å². The number of ether oxygens (including phenoxy) is 1. The molecule has 2 fully saturated rings. The number of aromatic nitrogens is 7. The maximum atomic E-state index is 14.5. The first kappa shape index (κ1) is 25.3. The third-order valence-electron chi connectivity index (χ3n) is 8.87. The monoisotopic (exact) mass is 565 g/mol. The lowest BCUT2D eigenvalue weighted by Crippen LogP contribution is -2.41. The second-order valence-corrected chi connectivity index (χ2v) is 13.4. The number of hydrogen-bond donors (Lipinski definition) is 0. The highest BCUT2D eigenvalue weighted by Gasteiger charge is 2.65. The van der Waals surface area contributed by atoms with Gasteiger partial charge in [-0.25, -0.2) is 32.2 Å². The predicted octanol–water partition coefficient (Wildman–Crippen LogP) is 3.31. The Labute approximate surface area is 228 Å². The first-order chi connectivity index (χ1) is 19.1. The van der Waals surface area contributed by atoms with Gasteiger partial charge in [-0.3, -0.25) is 0 Å². The molecule has 0 radical (unpaired) electrons. The number of hydrogen-bond acceptors (Lipinski definition) is 9. The van der Waals surface area contributed by atoms with Gasteiger partial charge in [-0.05, 0) is 54.0 Å². The number of fused-ring (bicyclic) bond motifs is 5. The van der Waals surface area contributed by atoms with Crippen LogP contribution in [-0.2, 0) is 25.7 Å². The van der Waals surface area contributed by atoms with E-state index >= 15 is 0 Å². The van der Waals surface area contributed by atoms with E-state index in [0.29, 0.717) is 0 Å². The maximum Gasteiger partial charge on any atom is 0.252 e. The minimum atomic E-state index is -3.42. The number of halogens is 2. The molecule has 3 aromatic heterocycles. The molecule has 2 atom stereocenters. The quantitative estimate of drug-likeness (QED) is 0.346. The molecule has 1 aliphatic heterocycles. The van der Waals surface area contributed by atoms with Gasteiger partial charge in [0.1, 0.15) is 29.0 Å². The van der Waals surface area contributed by atoms with Gasteiger partial charge in [0.25, 0.3) is 5.95 Å². The van der Waals surface area contributed by atoms with Crippen LogP contribution in [0.15, 0.2) is 42.9 Å². The fourth-order valence-corrected chi connectivity index (χ4v) is 7.97. The predicted molar refractivity (Wildman–Crippen MR) is 138 cm³/mol. The standard InChI is InChI=1S/C27H25F2N7O3S/c1-26(2)17-6-8-27(26,24-16(17)10-20(33-34-24)23-18(28)4-3-5-19(23)29)21-7-9-30-25(32-21)36-14-31-22(35-36)13-40(37,38)15-11-39-12-15/h3-5,7,9-10,14-15,17H,6,8,11-13H2,1-2H3/t17-,27-/m0/s1. The lowest BCUT2D eigenvalue weighted by molar-refractivity contribution is 0.0415. The summed E-state index contributed by atoms with van der Waals surface area (Å²) in [7, 11) is -3.42. The van der Waals surface area contributed by atoms with Crippen LogP contribution in [0.2, 0.25) is 0 Å². The smallest absolute Gasteiger partial charge is 0.252 e. The Morgan fingerprint density at radius 3 is 2.60 bits per heavy atom. The molecule has 3 aliphatic rings. The summed E-state index contributed by atoms with van der Waals surface area (Å²) in [5, 5.41) is 12.6. The molecule has 0 amide bonds. The molecule has 4 aromatic rings. The van der Waals surface area contributed by atoms with Crippen molar-refractivity contribution in [2.75, 3.05) is 13.2 Å². The molecule has 4 heterocycles. The molecule has 2 aliphatic carbocycles. The normalized spacial score (nSPS) is 23.2. The van der Waals surface area contributed by atoms with Crippen molar-refractivity contribution >= 4 is 9.84 Å². The fourth-order valence-electron chi connectivity index (χ4n) is 6.63. The van der Waals surface area contributed by atoms with Crippen molar-refractivity contribution in [2.24, 2.45) is 5.41 Å². The fraction of sp³-hybridized carbons (Fsp3) is 0.407. The molecule has 1 saturated carbocycles. The SMILES string of the molecule is CC1(C)[C@H]2CC[C@]1(c1ccnc(-n3cnc(CS(=O)(=O)C4COC4)n3)n1)c1nnc(-c3c(F)cccc3F)cc12. The molecule has 2 bridgehead atoms. The van der Waals surface area contributed by atoms with Crippen molar-refractivity contribution in [1.29, 1.82) is 0 Å². The summed E-state index contributed by atoms with van der Waals surface area (Å²) in [6.07, 6.45) is 4.65. The maximum absolute atomic E-state index is 14.5. The van der Waals surface area contributed by atoms with E-state index < -0.39 is 32.1 Å². The van der Waals surface area contributed by atoms with Gasteiger partial charge in [-0.2, -0.15) is 9.78 Å². The van der Waals surface area contributed by atoms with Crippen LogP contribution in [0, 0.1) is 17.0 Å². The Morgan fingerprint density at radius 2 is 1.88 bits per heavy atom. The Bertz CT molecular complexity index is 1750. The van der Waals surface area contributed by atoms with E-state index in [1.165, 1.54) is 29.2 Å². The summed E-state index contributed by atoms with van der Waals surface area (Å²) < 4.78 is 60.5. The minimum Gasteiger partial charge on any atom is -0.379 e. The van der Waals surface area contributed by atoms with Crippen LogP contribution < -0.4 is 0 Å². The zero-order chi connectivity index (χ0) is 27.9. The van der Waals surface area contributed by atoms with Crippen LogP contribution in [-0.4, -0.2) is 61.8 Å². The lowest BCUT2D eigenvalue weighted by Gasteiger charge is -2.37. The van der Waals surface area contributed by atoms with Gasteiger partial charge in [0.2, 0.25) is 0 Å². The number of sulfone groups is 1. The first-order valence-corrected chi connectivity index (χ1v) is 14.7. The average Bonchev–Trinajstić information content (AvgIpc) is 3.49. The Hall–Kier alpha value is -3.71. The molecule has 10 nitrogen and oxygen atoms in total. The number of nitrogens with zero attached hydrogens (tertiary/aromatic N) is 7. The third-order valence-corrected chi connectivity index (χ3v) is 10.8. The molecule has 1 saturated heterocycles. The van der Waals surface area contributed by atoms with Gasteiger partial charge >= 0.3 is 0 Å². The van der Waals surface area contributed by atoms with Crippen LogP contribution in [0.1, 0.15) is 55.4 Å². The van der Waals surface area contributed by atoms with Crippen LogP contribution in [0.3, 0.4) is 0 Å². The second kappa shape index (κ2) is 8.64. The highest BCUT2D eigenvalue weighted by atomic mass is 32.2. The molecule has 0 spiro atoms. The topological polar surface area (TPSA) is 126 Å². The van der Waals surface area contributed by atoms with Crippen molar-refractivity contribution in [3.8, 4) is 17.2 Å². The van der Waals surface area contributed by atoms with Gasteiger partial charge in [0, 0.05) is 6.20 Å². The Kier molecular flexibility index (Phi) is 5.46. The lowest BCUT2D eigenvalue weighted by atomic mass is 9.66. The zero-order valence-corrected chi connectivity index (χ0v) is 22.6. The largest absolute Gasteiger partial charge is 0.379 e. The van der Waals surface area contributed by atoms with E-state index in [2.05, 4.69) is 39.1 Å². The van der Waals surface area contributed by atoms with E-state index in [9.17, 15) is 17.2 Å². The van der Waals surface area contributed by atoms with Gasteiger partial charge in [0.15, 0.2) is 15.7 Å². The van der Waals surface area contributed by atoms with E-state index in [1.54, 1.807) is 12.3 Å². The van der Waals surface area contributed by atoms with Crippen LogP contribution >= 0.6 is 0 Å². The number of rotatable bonds is 6. The molecular weight excluding hydrogens is 540 g/mol. The highest BCUT2D eigenvalue weighted by molar-refractivity contribution is 7.91. The summed E-state index contributed by atoms with van der Waals surface area (Å²) >= 11 is 0. The average molecular weight is 566 g/mol. The molecular formula is C27H25F2N7O3S. The second-order valence-electron chi connectivity index (χ2n) is 11.2. The number of benzene rings is 1. The van der Waals surface area contributed by atoms with E-state index in [0.717, 1.165) is 29.8 Å². The zero-order valence-electron chi connectivity index (χ0n) is 21.8. The molecule has 0 unspecified atom stereocenters. The summed E-state index contributed by atoms with van der Waals surface area (Å²) in [4.78, 5) is 13.4. The Morgan fingerprint density at radius 1 is 1.10 bits per heavy atom. The van der Waals surface area contributed by atoms with Crippen molar-refractivity contribution in [3.05, 3.63) is 77.3 Å². The van der Waals surface area contributed by atoms with Crippen molar-refractivity contribution < 1.29 is 21.9 Å². The van der Waals surface area contributed by atoms with Crippen molar-refractivity contribution in [1.82, 2.24) is 34.9 Å². The molecule has 13 heteroatoms. The van der Waals surface area contributed by atoms with E-state index in [1.807, 2.05) is 6.07 Å². The minimum absolute atomic E-state index is 0.0867. The van der Waals surface area contributed by atoms with Gasteiger partial charge in [-0.1, -0.05) is 19.9 Å². The molecule has 1 aromatic carbocycles. The van der Waals surface area contributed by atoms with Crippen molar-refractivity contribution in [2.45, 2.75) is 49.0 Å². The molecule has 40 heavy (non-hydrogen) atoms. The third kappa shape index (κ3) is 3.49. The summed E-state index contributed by atoms with van der Waals surface area (Å²) in [6.45, 7) is 4.68. The van der Waals surface area contributed by atoms with Crippen LogP contribution in [0.25, 0.3) is 17.2 Å². The summed E-state index contributed by atoms with van der Waals surface area (Å²) in [5.74, 6) is -1.17.